The number of hydrogen-bond acceptors (Lipinski definition) is 1. The van der Waals surface area contributed by atoms with Crippen LogP contribution in [-0.2, 0) is 5.41 Å². The standard InChI is InChI=1S/C16H21BrO/c17-14-8-6-13(7-9-14)16(11-18)10-15(16)12-4-2-1-3-5-12/h6-9,12,15,18H,1-5,10-11H2/t15-,16-/m0/s1. The highest BCUT2D eigenvalue weighted by Gasteiger charge is 2.57. The van der Waals surface area contributed by atoms with E-state index in [2.05, 4.69) is 40.2 Å². The third kappa shape index (κ3) is 2.14. The van der Waals surface area contributed by atoms with Crippen LogP contribution in [0.1, 0.15) is 44.1 Å². The normalized spacial score (nSPS) is 32.4. The molecular formula is C16H21BrO. The van der Waals surface area contributed by atoms with Crippen LogP contribution in [0.15, 0.2) is 28.7 Å². The highest BCUT2D eigenvalue weighted by atomic mass is 79.9. The van der Waals surface area contributed by atoms with E-state index in [1.54, 1.807) is 0 Å². The van der Waals surface area contributed by atoms with Crippen molar-refractivity contribution >= 4 is 15.9 Å². The van der Waals surface area contributed by atoms with Crippen molar-refractivity contribution in [1.82, 2.24) is 0 Å². The van der Waals surface area contributed by atoms with Gasteiger partial charge in [0.25, 0.3) is 0 Å². The fraction of sp³-hybridized carbons (Fsp3) is 0.625. The maximum Gasteiger partial charge on any atom is 0.0530 e. The molecule has 0 saturated heterocycles. The van der Waals surface area contributed by atoms with Gasteiger partial charge in [-0.25, -0.2) is 0 Å². The molecule has 1 N–H and O–H groups in total. The molecule has 98 valence electrons. The predicted octanol–water partition coefficient (Wildman–Crippen LogP) is 4.28. The van der Waals surface area contributed by atoms with Gasteiger partial charge in [-0.2, -0.15) is 0 Å². The number of aliphatic hydroxyl groups is 1. The quantitative estimate of drug-likeness (QED) is 0.883. The average Bonchev–Trinajstić information content (AvgIpc) is 3.17. The van der Waals surface area contributed by atoms with Gasteiger partial charge in [0, 0.05) is 9.89 Å². The molecule has 2 atom stereocenters. The van der Waals surface area contributed by atoms with E-state index in [9.17, 15) is 5.11 Å². The monoisotopic (exact) mass is 308 g/mol. The van der Waals surface area contributed by atoms with E-state index >= 15 is 0 Å². The molecule has 0 spiro atoms. The summed E-state index contributed by atoms with van der Waals surface area (Å²) in [6.07, 6.45) is 8.14. The summed E-state index contributed by atoms with van der Waals surface area (Å²) in [5.74, 6) is 1.58. The first kappa shape index (κ1) is 12.7. The number of rotatable bonds is 3. The fourth-order valence-corrected chi connectivity index (χ4v) is 4.14. The van der Waals surface area contributed by atoms with E-state index in [0.29, 0.717) is 6.61 Å². The summed E-state index contributed by atoms with van der Waals surface area (Å²) in [4.78, 5) is 0. The Morgan fingerprint density at radius 2 is 1.78 bits per heavy atom. The summed E-state index contributed by atoms with van der Waals surface area (Å²) < 4.78 is 1.12. The van der Waals surface area contributed by atoms with Gasteiger partial charge in [0.1, 0.15) is 0 Å². The van der Waals surface area contributed by atoms with E-state index in [4.69, 9.17) is 0 Å². The summed E-state index contributed by atoms with van der Waals surface area (Å²) in [7, 11) is 0. The Labute approximate surface area is 118 Å². The van der Waals surface area contributed by atoms with Crippen LogP contribution in [0, 0.1) is 11.8 Å². The molecule has 0 heterocycles. The molecule has 2 aliphatic carbocycles. The summed E-state index contributed by atoms with van der Waals surface area (Å²) in [6, 6.07) is 8.57. The first-order valence-electron chi connectivity index (χ1n) is 7.13. The second-order valence-electron chi connectivity index (χ2n) is 6.03. The van der Waals surface area contributed by atoms with Crippen molar-refractivity contribution in [2.45, 2.75) is 43.9 Å². The molecule has 1 aromatic rings. The zero-order valence-corrected chi connectivity index (χ0v) is 12.3. The Kier molecular flexibility index (Phi) is 3.50. The minimum absolute atomic E-state index is 0.0860. The molecule has 0 radical (unpaired) electrons. The van der Waals surface area contributed by atoms with Gasteiger partial charge in [0.15, 0.2) is 0 Å². The number of aliphatic hydroxyl groups excluding tert-OH is 1. The molecule has 0 aromatic heterocycles. The van der Waals surface area contributed by atoms with Gasteiger partial charge >= 0.3 is 0 Å². The lowest BCUT2D eigenvalue weighted by molar-refractivity contribution is 0.218. The van der Waals surface area contributed by atoms with E-state index in [0.717, 1.165) is 16.3 Å². The van der Waals surface area contributed by atoms with Crippen LogP contribution < -0.4 is 0 Å². The van der Waals surface area contributed by atoms with E-state index in [1.807, 2.05) is 0 Å². The zero-order valence-electron chi connectivity index (χ0n) is 10.7. The van der Waals surface area contributed by atoms with Crippen molar-refractivity contribution in [3.8, 4) is 0 Å². The molecule has 3 rings (SSSR count). The van der Waals surface area contributed by atoms with Gasteiger partial charge in [0.05, 0.1) is 6.61 Å². The molecule has 1 aromatic carbocycles. The topological polar surface area (TPSA) is 20.2 Å². The molecule has 2 fully saturated rings. The van der Waals surface area contributed by atoms with Gasteiger partial charge in [-0.3, -0.25) is 0 Å². The molecule has 0 aliphatic heterocycles. The number of hydrogen-bond donors (Lipinski definition) is 1. The largest absolute Gasteiger partial charge is 0.395 e. The number of benzene rings is 1. The molecule has 0 bridgehead atoms. The molecule has 18 heavy (non-hydrogen) atoms. The Balaban J connectivity index is 1.78. The zero-order chi connectivity index (χ0) is 12.6. The summed E-state index contributed by atoms with van der Waals surface area (Å²) in [5.41, 5.74) is 1.42. The van der Waals surface area contributed by atoms with Gasteiger partial charge in [-0.1, -0.05) is 60.2 Å². The maximum absolute atomic E-state index is 9.87. The highest BCUT2D eigenvalue weighted by molar-refractivity contribution is 9.10. The van der Waals surface area contributed by atoms with Crippen molar-refractivity contribution in [3.05, 3.63) is 34.3 Å². The van der Waals surface area contributed by atoms with Crippen LogP contribution in [-0.4, -0.2) is 11.7 Å². The molecule has 2 heteroatoms. The molecule has 2 saturated carbocycles. The average molecular weight is 309 g/mol. The van der Waals surface area contributed by atoms with Crippen molar-refractivity contribution in [2.24, 2.45) is 11.8 Å². The third-order valence-corrected chi connectivity index (χ3v) is 5.58. The second kappa shape index (κ2) is 4.97. The maximum atomic E-state index is 9.87. The van der Waals surface area contributed by atoms with Crippen molar-refractivity contribution in [1.29, 1.82) is 0 Å². The smallest absolute Gasteiger partial charge is 0.0530 e. The van der Waals surface area contributed by atoms with Crippen LogP contribution in [0.2, 0.25) is 0 Å². The Bertz CT molecular complexity index is 408. The van der Waals surface area contributed by atoms with Gasteiger partial charge in [0.2, 0.25) is 0 Å². The Morgan fingerprint density at radius 1 is 1.11 bits per heavy atom. The lowest BCUT2D eigenvalue weighted by Crippen LogP contribution is -2.21. The lowest BCUT2D eigenvalue weighted by atomic mass is 9.81. The third-order valence-electron chi connectivity index (χ3n) is 5.05. The Morgan fingerprint density at radius 3 is 2.39 bits per heavy atom. The van der Waals surface area contributed by atoms with Gasteiger partial charge in [-0.05, 0) is 36.0 Å². The first-order chi connectivity index (χ1) is 8.76. The van der Waals surface area contributed by atoms with E-state index in [1.165, 1.54) is 44.1 Å². The van der Waals surface area contributed by atoms with Crippen LogP contribution in [0.4, 0.5) is 0 Å². The SMILES string of the molecule is OC[C@]1(c2ccc(Br)cc2)C[C@H]1C1CCCCC1. The molecule has 2 aliphatic rings. The van der Waals surface area contributed by atoms with Crippen LogP contribution >= 0.6 is 15.9 Å². The van der Waals surface area contributed by atoms with Gasteiger partial charge < -0.3 is 5.11 Å². The summed E-state index contributed by atoms with van der Waals surface area (Å²) >= 11 is 3.48. The first-order valence-corrected chi connectivity index (χ1v) is 7.92. The molecule has 0 unspecified atom stereocenters. The van der Waals surface area contributed by atoms with Crippen LogP contribution in [0.3, 0.4) is 0 Å². The fourth-order valence-electron chi connectivity index (χ4n) is 3.87. The van der Waals surface area contributed by atoms with E-state index < -0.39 is 0 Å². The molecular weight excluding hydrogens is 288 g/mol. The molecule has 1 nitrogen and oxygen atoms in total. The minimum atomic E-state index is 0.0860. The second-order valence-corrected chi connectivity index (χ2v) is 6.95. The Hall–Kier alpha value is -0.340. The summed E-state index contributed by atoms with van der Waals surface area (Å²) in [6.45, 7) is 0.315. The van der Waals surface area contributed by atoms with Crippen molar-refractivity contribution in [2.75, 3.05) is 6.61 Å². The highest BCUT2D eigenvalue weighted by Crippen LogP contribution is 2.60. The summed E-state index contributed by atoms with van der Waals surface area (Å²) in [5, 5.41) is 9.87. The predicted molar refractivity (Wildman–Crippen MR) is 77.6 cm³/mol. The van der Waals surface area contributed by atoms with Crippen molar-refractivity contribution in [3.63, 3.8) is 0 Å². The lowest BCUT2D eigenvalue weighted by Gasteiger charge is -2.25. The van der Waals surface area contributed by atoms with Crippen molar-refractivity contribution < 1.29 is 5.11 Å². The van der Waals surface area contributed by atoms with Gasteiger partial charge in [-0.15, -0.1) is 0 Å². The van der Waals surface area contributed by atoms with Crippen LogP contribution in [0.25, 0.3) is 0 Å². The number of halogens is 1. The molecule has 0 amide bonds. The van der Waals surface area contributed by atoms with E-state index in [-0.39, 0.29) is 5.41 Å². The minimum Gasteiger partial charge on any atom is -0.395 e. The van der Waals surface area contributed by atoms with Crippen LogP contribution in [0.5, 0.6) is 0 Å².